The summed E-state index contributed by atoms with van der Waals surface area (Å²) in [7, 11) is 0. The van der Waals surface area contributed by atoms with E-state index in [0.29, 0.717) is 17.8 Å². The number of oxime groups is 2. The van der Waals surface area contributed by atoms with E-state index in [9.17, 15) is 5.21 Å². The summed E-state index contributed by atoms with van der Waals surface area (Å²) < 4.78 is 0. The van der Waals surface area contributed by atoms with Crippen LogP contribution in [0.5, 0.6) is 0 Å². The molecule has 7 fully saturated rings. The van der Waals surface area contributed by atoms with Gasteiger partial charge in [-0.05, 0) is 30.6 Å². The molecule has 0 saturated heterocycles. The molecule has 2 N–H and O–H groups in total. The highest BCUT2D eigenvalue weighted by Crippen LogP contribution is 2.87. The Morgan fingerprint density at radius 1 is 1.20 bits per heavy atom. The van der Waals surface area contributed by atoms with Crippen LogP contribution in [0, 0.1) is 40.9 Å². The molecule has 0 aliphatic heterocycles. The smallest absolute Gasteiger partial charge is 0.0682 e. The van der Waals surface area contributed by atoms with Crippen molar-refractivity contribution in [2.75, 3.05) is 0 Å². The first-order valence-electron chi connectivity index (χ1n) is 5.79. The van der Waals surface area contributed by atoms with Gasteiger partial charge in [0.25, 0.3) is 0 Å². The SMILES string of the molecule is ON=C1C2CC3C1C14CC(C2C1=NO)C34. The van der Waals surface area contributed by atoms with E-state index in [1.807, 2.05) is 0 Å². The molecule has 7 aliphatic rings. The Morgan fingerprint density at radius 3 is 2.80 bits per heavy atom. The quantitative estimate of drug-likeness (QED) is 0.459. The van der Waals surface area contributed by atoms with E-state index < -0.39 is 0 Å². The third kappa shape index (κ3) is 0.404. The van der Waals surface area contributed by atoms with E-state index in [-0.39, 0.29) is 5.41 Å². The summed E-state index contributed by atoms with van der Waals surface area (Å²) in [5.74, 6) is 3.51. The summed E-state index contributed by atoms with van der Waals surface area (Å²) in [6, 6.07) is 0. The molecule has 7 bridgehead atoms. The highest BCUT2D eigenvalue weighted by Gasteiger charge is 2.88. The predicted octanol–water partition coefficient (Wildman–Crippen LogP) is 1.18. The van der Waals surface area contributed by atoms with Gasteiger partial charge in [0.2, 0.25) is 0 Å². The molecular formula is C11H12N2O2. The van der Waals surface area contributed by atoms with Crippen molar-refractivity contribution < 1.29 is 10.4 Å². The molecule has 0 heterocycles. The molecule has 15 heavy (non-hydrogen) atoms. The Hall–Kier alpha value is -1.06. The minimum absolute atomic E-state index is 0.156. The summed E-state index contributed by atoms with van der Waals surface area (Å²) in [4.78, 5) is 0. The fourth-order valence-corrected chi connectivity index (χ4v) is 6.20. The maximum absolute atomic E-state index is 9.18. The van der Waals surface area contributed by atoms with E-state index in [0.717, 1.165) is 29.2 Å². The summed E-state index contributed by atoms with van der Waals surface area (Å²) in [5.41, 5.74) is 2.26. The number of hydrogen-bond acceptors (Lipinski definition) is 4. The van der Waals surface area contributed by atoms with Gasteiger partial charge in [0.1, 0.15) is 0 Å². The van der Waals surface area contributed by atoms with Crippen molar-refractivity contribution in [3.63, 3.8) is 0 Å². The molecule has 7 atom stereocenters. The van der Waals surface area contributed by atoms with Gasteiger partial charge in [0.15, 0.2) is 0 Å². The minimum atomic E-state index is 0.156. The Labute approximate surface area is 86.6 Å². The van der Waals surface area contributed by atoms with Crippen molar-refractivity contribution in [1.29, 1.82) is 0 Å². The molecular weight excluding hydrogens is 192 g/mol. The average molecular weight is 204 g/mol. The van der Waals surface area contributed by atoms with Crippen molar-refractivity contribution in [1.82, 2.24) is 0 Å². The second-order valence-electron chi connectivity index (χ2n) is 5.95. The Kier molecular flexibility index (Phi) is 0.822. The topological polar surface area (TPSA) is 65.2 Å². The Bertz CT molecular complexity index is 450. The fourth-order valence-electron chi connectivity index (χ4n) is 6.20. The van der Waals surface area contributed by atoms with Crippen LogP contribution in [0.3, 0.4) is 0 Å². The van der Waals surface area contributed by atoms with Crippen LogP contribution in [0.4, 0.5) is 0 Å². The zero-order chi connectivity index (χ0) is 9.95. The molecule has 4 nitrogen and oxygen atoms in total. The Morgan fingerprint density at radius 2 is 2.07 bits per heavy atom. The molecule has 0 aromatic heterocycles. The lowest BCUT2D eigenvalue weighted by atomic mass is 9.38. The van der Waals surface area contributed by atoms with Gasteiger partial charge in [-0.15, -0.1) is 0 Å². The first-order chi connectivity index (χ1) is 7.34. The maximum atomic E-state index is 9.18. The van der Waals surface area contributed by atoms with Crippen LogP contribution in [0.2, 0.25) is 0 Å². The standard InChI is InChI=1S/C11H12N2O2/c14-12-9-3-1-4-7-5-2-11(7,8(4)9)10(13-15)6(3)5/h3-8,14-15H,1-2H2. The van der Waals surface area contributed by atoms with Crippen molar-refractivity contribution in [2.45, 2.75) is 12.8 Å². The molecule has 7 rings (SSSR count). The van der Waals surface area contributed by atoms with Crippen molar-refractivity contribution in [3.05, 3.63) is 0 Å². The molecule has 7 unspecified atom stereocenters. The normalized spacial score (nSPS) is 71.2. The van der Waals surface area contributed by atoms with Crippen LogP contribution in [-0.2, 0) is 0 Å². The lowest BCUT2D eigenvalue weighted by Crippen LogP contribution is -2.64. The molecule has 4 heteroatoms. The molecule has 0 radical (unpaired) electrons. The van der Waals surface area contributed by atoms with Crippen LogP contribution in [0.25, 0.3) is 0 Å². The van der Waals surface area contributed by atoms with Crippen LogP contribution in [-0.4, -0.2) is 21.8 Å². The molecule has 7 saturated carbocycles. The van der Waals surface area contributed by atoms with Gasteiger partial charge in [0, 0.05) is 23.2 Å². The molecule has 0 aromatic rings. The summed E-state index contributed by atoms with van der Waals surface area (Å²) in [5, 5.41) is 25.4. The molecule has 0 amide bonds. The number of hydrogen-bond donors (Lipinski definition) is 2. The lowest BCUT2D eigenvalue weighted by Gasteiger charge is -2.64. The van der Waals surface area contributed by atoms with Crippen molar-refractivity contribution >= 4 is 11.4 Å². The van der Waals surface area contributed by atoms with E-state index >= 15 is 0 Å². The van der Waals surface area contributed by atoms with Crippen LogP contribution >= 0.6 is 0 Å². The number of rotatable bonds is 0. The van der Waals surface area contributed by atoms with Gasteiger partial charge < -0.3 is 10.4 Å². The molecule has 1 spiro atoms. The summed E-state index contributed by atoms with van der Waals surface area (Å²) >= 11 is 0. The predicted molar refractivity (Wildman–Crippen MR) is 51.1 cm³/mol. The largest absolute Gasteiger partial charge is 0.411 e. The van der Waals surface area contributed by atoms with Crippen LogP contribution in [0.1, 0.15) is 12.8 Å². The highest BCUT2D eigenvalue weighted by atomic mass is 16.4. The van der Waals surface area contributed by atoms with E-state index in [2.05, 4.69) is 10.3 Å². The molecule has 7 aliphatic carbocycles. The van der Waals surface area contributed by atoms with Crippen molar-refractivity contribution in [3.8, 4) is 0 Å². The van der Waals surface area contributed by atoms with Crippen LogP contribution in [0.15, 0.2) is 10.3 Å². The highest BCUT2D eigenvalue weighted by molar-refractivity contribution is 6.13. The van der Waals surface area contributed by atoms with E-state index in [1.165, 1.54) is 12.8 Å². The lowest BCUT2D eigenvalue weighted by molar-refractivity contribution is -0.151. The fraction of sp³-hybridized carbons (Fsp3) is 0.818. The number of nitrogens with zero attached hydrogens (tertiary/aromatic N) is 2. The van der Waals surface area contributed by atoms with Crippen LogP contribution < -0.4 is 0 Å². The first-order valence-corrected chi connectivity index (χ1v) is 5.79. The van der Waals surface area contributed by atoms with Gasteiger partial charge >= 0.3 is 0 Å². The van der Waals surface area contributed by atoms with Gasteiger partial charge in [0.05, 0.1) is 11.4 Å². The minimum Gasteiger partial charge on any atom is -0.411 e. The first kappa shape index (κ1) is 7.25. The summed E-state index contributed by atoms with van der Waals surface area (Å²) in [6.07, 6.45) is 2.37. The summed E-state index contributed by atoms with van der Waals surface area (Å²) in [6.45, 7) is 0. The van der Waals surface area contributed by atoms with E-state index in [4.69, 9.17) is 5.21 Å². The third-order valence-electron chi connectivity index (χ3n) is 6.21. The maximum Gasteiger partial charge on any atom is 0.0682 e. The monoisotopic (exact) mass is 204 g/mol. The van der Waals surface area contributed by atoms with Gasteiger partial charge in [-0.1, -0.05) is 10.3 Å². The van der Waals surface area contributed by atoms with Crippen molar-refractivity contribution in [2.24, 2.45) is 51.2 Å². The average Bonchev–Trinajstić information content (AvgIpc) is 2.64. The molecule has 0 aromatic carbocycles. The Balaban J connectivity index is 1.84. The van der Waals surface area contributed by atoms with Gasteiger partial charge in [-0.3, -0.25) is 0 Å². The molecule has 78 valence electrons. The van der Waals surface area contributed by atoms with E-state index in [1.54, 1.807) is 0 Å². The van der Waals surface area contributed by atoms with Gasteiger partial charge in [-0.25, -0.2) is 0 Å². The second-order valence-corrected chi connectivity index (χ2v) is 5.95. The zero-order valence-electron chi connectivity index (χ0n) is 8.17. The zero-order valence-corrected chi connectivity index (χ0v) is 8.17. The third-order valence-corrected chi connectivity index (χ3v) is 6.21. The van der Waals surface area contributed by atoms with Gasteiger partial charge in [-0.2, -0.15) is 0 Å². The second kappa shape index (κ2) is 1.70.